The quantitative estimate of drug-likeness (QED) is 0.180. The fourth-order valence-electron chi connectivity index (χ4n) is 3.35. The maximum Gasteiger partial charge on any atom is 0.0646 e. The summed E-state index contributed by atoms with van der Waals surface area (Å²) in [5, 5.41) is 55.7. The molecule has 0 bridgehead atoms. The van der Waals surface area contributed by atoms with E-state index in [4.69, 9.17) is 0 Å². The van der Waals surface area contributed by atoms with E-state index < -0.39 is 23.8 Å². The molecule has 0 saturated heterocycles. The van der Waals surface area contributed by atoms with Gasteiger partial charge in [-0.05, 0) is 73.7 Å². The van der Waals surface area contributed by atoms with Crippen LogP contribution >= 0.6 is 23.8 Å². The highest BCUT2D eigenvalue weighted by atomic mass is 31.1. The molecular weight excluding hydrogens is 441 g/mol. The number of benzene rings is 1. The number of hydrogen-bond donors (Lipinski definition) is 6. The Morgan fingerprint density at radius 2 is 0.667 bits per heavy atom. The van der Waals surface area contributed by atoms with Crippen molar-refractivity contribution in [3.8, 4) is 0 Å². The van der Waals surface area contributed by atoms with Crippen molar-refractivity contribution >= 4 is 23.8 Å². The SMILES string of the molecule is OCP(CO)CCCc1cc(CCCP(CO)CO)cc(CCCP(CO)CO)c1. The van der Waals surface area contributed by atoms with Crippen LogP contribution in [0.2, 0.25) is 0 Å². The van der Waals surface area contributed by atoms with Crippen LogP contribution in [0.4, 0.5) is 0 Å². The topological polar surface area (TPSA) is 121 Å². The lowest BCUT2D eigenvalue weighted by molar-refractivity contribution is 0.342. The first-order chi connectivity index (χ1) is 14.6. The van der Waals surface area contributed by atoms with Gasteiger partial charge in [0.25, 0.3) is 0 Å². The van der Waals surface area contributed by atoms with Crippen LogP contribution in [0.3, 0.4) is 0 Å². The normalized spacial score (nSPS) is 11.9. The van der Waals surface area contributed by atoms with E-state index >= 15 is 0 Å². The van der Waals surface area contributed by atoms with Gasteiger partial charge >= 0.3 is 0 Å². The van der Waals surface area contributed by atoms with Crippen molar-refractivity contribution in [2.75, 3.05) is 56.6 Å². The molecule has 0 aliphatic carbocycles. The zero-order chi connectivity index (χ0) is 22.2. The molecule has 6 nitrogen and oxygen atoms in total. The van der Waals surface area contributed by atoms with Gasteiger partial charge in [-0.1, -0.05) is 42.0 Å². The first kappa shape index (κ1) is 28.3. The van der Waals surface area contributed by atoms with Gasteiger partial charge in [0.05, 0.1) is 38.1 Å². The summed E-state index contributed by atoms with van der Waals surface area (Å²) in [5.74, 6) is 0. The number of hydrogen-bond acceptors (Lipinski definition) is 6. The van der Waals surface area contributed by atoms with Crippen molar-refractivity contribution in [1.29, 1.82) is 0 Å². The molecule has 0 saturated carbocycles. The maximum absolute atomic E-state index is 9.28. The van der Waals surface area contributed by atoms with Crippen LogP contribution < -0.4 is 0 Å². The molecule has 30 heavy (non-hydrogen) atoms. The van der Waals surface area contributed by atoms with Gasteiger partial charge in [-0.15, -0.1) is 0 Å². The van der Waals surface area contributed by atoms with E-state index in [-0.39, 0.29) is 38.1 Å². The summed E-state index contributed by atoms with van der Waals surface area (Å²) < 4.78 is 0. The van der Waals surface area contributed by atoms with Crippen LogP contribution in [-0.4, -0.2) is 87.2 Å². The van der Waals surface area contributed by atoms with E-state index in [9.17, 15) is 30.6 Å². The Bertz CT molecular complexity index is 463. The van der Waals surface area contributed by atoms with Crippen molar-refractivity contribution in [3.05, 3.63) is 34.9 Å². The Labute approximate surface area is 184 Å². The second kappa shape index (κ2) is 17.8. The van der Waals surface area contributed by atoms with E-state index in [1.54, 1.807) is 0 Å². The number of aliphatic hydroxyl groups excluding tert-OH is 6. The fourth-order valence-corrected chi connectivity index (χ4v) is 6.28. The Hall–Kier alpha value is 0.270. The van der Waals surface area contributed by atoms with Crippen molar-refractivity contribution < 1.29 is 30.6 Å². The predicted octanol–water partition coefficient (Wildman–Crippen LogP) is 2.63. The second-order valence-electron chi connectivity index (χ2n) is 7.50. The number of aryl methyl sites for hydroxylation is 3. The molecule has 0 aromatic heterocycles. The molecular formula is C21H39O6P3. The van der Waals surface area contributed by atoms with Gasteiger partial charge in [0, 0.05) is 0 Å². The standard InChI is InChI=1S/C21H39O6P3/c22-13-28(14-23)7-1-4-19-10-20(5-2-8-29(15-24)16-25)12-21(11-19)6-3-9-30(17-26)18-27/h10-12,22-27H,1-9,13-18H2. The predicted molar refractivity (Wildman–Crippen MR) is 129 cm³/mol. The van der Waals surface area contributed by atoms with Crippen molar-refractivity contribution in [2.24, 2.45) is 0 Å². The Morgan fingerprint density at radius 1 is 0.433 bits per heavy atom. The molecule has 0 aliphatic heterocycles. The van der Waals surface area contributed by atoms with Crippen LogP contribution in [0.25, 0.3) is 0 Å². The highest BCUT2D eigenvalue weighted by Gasteiger charge is 2.09. The molecule has 1 aromatic carbocycles. The molecule has 6 N–H and O–H groups in total. The van der Waals surface area contributed by atoms with E-state index in [0.717, 1.165) is 57.0 Å². The minimum absolute atomic E-state index is 0.0779. The zero-order valence-corrected chi connectivity index (χ0v) is 20.5. The summed E-state index contributed by atoms with van der Waals surface area (Å²) in [7, 11) is -2.07. The Balaban J connectivity index is 2.73. The van der Waals surface area contributed by atoms with Crippen LogP contribution in [0.1, 0.15) is 36.0 Å². The third-order valence-corrected chi connectivity index (χ3v) is 10.4. The molecule has 0 radical (unpaired) electrons. The van der Waals surface area contributed by atoms with Gasteiger partial charge in [0.15, 0.2) is 0 Å². The van der Waals surface area contributed by atoms with Crippen LogP contribution in [0.15, 0.2) is 18.2 Å². The van der Waals surface area contributed by atoms with Gasteiger partial charge in [-0.3, -0.25) is 0 Å². The molecule has 0 heterocycles. The molecule has 1 aromatic rings. The summed E-state index contributed by atoms with van der Waals surface area (Å²) in [6.45, 7) is 0. The fraction of sp³-hybridized carbons (Fsp3) is 0.714. The van der Waals surface area contributed by atoms with Crippen LogP contribution in [0, 0.1) is 0 Å². The number of aliphatic hydroxyl groups is 6. The molecule has 0 spiro atoms. The van der Waals surface area contributed by atoms with Crippen LogP contribution in [-0.2, 0) is 19.3 Å². The first-order valence-corrected chi connectivity index (χ1v) is 16.2. The van der Waals surface area contributed by atoms with Gasteiger partial charge in [-0.2, -0.15) is 0 Å². The molecule has 0 unspecified atom stereocenters. The van der Waals surface area contributed by atoms with Crippen molar-refractivity contribution in [1.82, 2.24) is 0 Å². The molecule has 0 atom stereocenters. The minimum atomic E-state index is -0.689. The molecule has 174 valence electrons. The molecule has 0 fully saturated rings. The monoisotopic (exact) mass is 480 g/mol. The molecule has 0 amide bonds. The summed E-state index contributed by atoms with van der Waals surface area (Å²) in [6, 6.07) is 6.70. The molecule has 9 heteroatoms. The zero-order valence-electron chi connectivity index (χ0n) is 17.9. The minimum Gasteiger partial charge on any atom is -0.392 e. The lowest BCUT2D eigenvalue weighted by atomic mass is 9.98. The molecule has 0 aliphatic rings. The first-order valence-electron chi connectivity index (χ1n) is 10.5. The second-order valence-corrected chi connectivity index (χ2v) is 14.6. The van der Waals surface area contributed by atoms with E-state index in [1.165, 1.54) is 16.7 Å². The highest BCUT2D eigenvalue weighted by Crippen LogP contribution is 2.35. The van der Waals surface area contributed by atoms with Crippen LogP contribution in [0.5, 0.6) is 0 Å². The van der Waals surface area contributed by atoms with Gasteiger partial charge in [0.1, 0.15) is 0 Å². The average molecular weight is 480 g/mol. The summed E-state index contributed by atoms with van der Waals surface area (Å²) in [6.07, 6.45) is 8.61. The summed E-state index contributed by atoms with van der Waals surface area (Å²) in [5.41, 5.74) is 3.81. The average Bonchev–Trinajstić information content (AvgIpc) is 2.77. The van der Waals surface area contributed by atoms with E-state index in [2.05, 4.69) is 18.2 Å². The third kappa shape index (κ3) is 11.8. The van der Waals surface area contributed by atoms with Gasteiger partial charge in [0.2, 0.25) is 0 Å². The summed E-state index contributed by atoms with van der Waals surface area (Å²) in [4.78, 5) is 0. The van der Waals surface area contributed by atoms with E-state index in [0.29, 0.717) is 0 Å². The molecule has 1 rings (SSSR count). The van der Waals surface area contributed by atoms with Crippen molar-refractivity contribution in [2.45, 2.75) is 38.5 Å². The highest BCUT2D eigenvalue weighted by molar-refractivity contribution is 7.57. The summed E-state index contributed by atoms with van der Waals surface area (Å²) >= 11 is 0. The maximum atomic E-state index is 9.28. The Kier molecular flexibility index (Phi) is 16.8. The lowest BCUT2D eigenvalue weighted by Crippen LogP contribution is -2.01. The lowest BCUT2D eigenvalue weighted by Gasteiger charge is -2.15. The number of rotatable bonds is 18. The third-order valence-electron chi connectivity index (χ3n) is 5.13. The smallest absolute Gasteiger partial charge is 0.0646 e. The van der Waals surface area contributed by atoms with Gasteiger partial charge < -0.3 is 30.6 Å². The van der Waals surface area contributed by atoms with Gasteiger partial charge in [-0.25, -0.2) is 0 Å². The van der Waals surface area contributed by atoms with E-state index in [1.807, 2.05) is 0 Å². The largest absolute Gasteiger partial charge is 0.392 e. The van der Waals surface area contributed by atoms with Crippen molar-refractivity contribution in [3.63, 3.8) is 0 Å². The Morgan fingerprint density at radius 3 is 0.867 bits per heavy atom.